The Kier molecular flexibility index (Phi) is 4.51. The standard InChI is InChI=1S/C19H26INO3/c1-18(2)11-6-7-19(18,3)16(8-11)21-17(22)12-9-14(23-4)15(24-5)10-13(12)20/h9-11,16H,6-8H2,1-5H3,(H,21,22). The number of carbonyl (C=O) groups excluding carboxylic acids is 1. The van der Waals surface area contributed by atoms with E-state index in [2.05, 4.69) is 48.7 Å². The van der Waals surface area contributed by atoms with E-state index in [1.54, 1.807) is 20.3 Å². The molecule has 1 N–H and O–H groups in total. The van der Waals surface area contributed by atoms with Crippen LogP contribution in [0.3, 0.4) is 0 Å². The molecule has 1 amide bonds. The number of hydrogen-bond acceptors (Lipinski definition) is 3. The summed E-state index contributed by atoms with van der Waals surface area (Å²) >= 11 is 2.18. The Morgan fingerprint density at radius 3 is 2.33 bits per heavy atom. The third-order valence-electron chi connectivity index (χ3n) is 6.82. The van der Waals surface area contributed by atoms with E-state index < -0.39 is 0 Å². The lowest BCUT2D eigenvalue weighted by Gasteiger charge is -2.39. The van der Waals surface area contributed by atoms with Crippen molar-refractivity contribution in [3.8, 4) is 11.5 Å². The molecule has 24 heavy (non-hydrogen) atoms. The number of amides is 1. The van der Waals surface area contributed by atoms with E-state index >= 15 is 0 Å². The van der Waals surface area contributed by atoms with Crippen LogP contribution in [0.2, 0.25) is 0 Å². The van der Waals surface area contributed by atoms with Crippen LogP contribution in [0, 0.1) is 20.3 Å². The minimum absolute atomic E-state index is 0.0186. The second kappa shape index (κ2) is 6.07. The number of rotatable bonds is 4. The zero-order valence-corrected chi connectivity index (χ0v) is 17.2. The highest BCUT2D eigenvalue weighted by Crippen LogP contribution is 2.65. The predicted octanol–water partition coefficient (Wildman–Crippen LogP) is 4.25. The molecule has 2 aliphatic carbocycles. The third kappa shape index (κ3) is 2.50. The summed E-state index contributed by atoms with van der Waals surface area (Å²) < 4.78 is 11.5. The maximum atomic E-state index is 12.9. The van der Waals surface area contributed by atoms with Crippen LogP contribution >= 0.6 is 22.6 Å². The summed E-state index contributed by atoms with van der Waals surface area (Å²) in [6.45, 7) is 7.05. The van der Waals surface area contributed by atoms with Crippen molar-refractivity contribution in [3.63, 3.8) is 0 Å². The number of fused-ring (bicyclic) bond motifs is 2. The van der Waals surface area contributed by atoms with Crippen molar-refractivity contribution in [2.45, 2.75) is 46.1 Å². The van der Waals surface area contributed by atoms with E-state index in [-0.39, 0.29) is 22.8 Å². The molecule has 5 heteroatoms. The van der Waals surface area contributed by atoms with Crippen molar-refractivity contribution in [3.05, 3.63) is 21.3 Å². The minimum atomic E-state index is -0.0186. The average molecular weight is 443 g/mol. The highest BCUT2D eigenvalue weighted by atomic mass is 127. The summed E-state index contributed by atoms with van der Waals surface area (Å²) in [5, 5.41) is 3.31. The molecule has 0 aliphatic heterocycles. The second-order valence-electron chi connectivity index (χ2n) is 7.82. The number of methoxy groups -OCH3 is 2. The van der Waals surface area contributed by atoms with Crippen LogP contribution in [-0.2, 0) is 0 Å². The van der Waals surface area contributed by atoms with Gasteiger partial charge in [-0.15, -0.1) is 0 Å². The van der Waals surface area contributed by atoms with E-state index in [9.17, 15) is 4.79 Å². The number of ether oxygens (including phenoxy) is 2. The fourth-order valence-electron chi connectivity index (χ4n) is 4.69. The number of halogens is 1. The number of carbonyl (C=O) groups is 1. The Morgan fingerprint density at radius 2 is 1.83 bits per heavy atom. The van der Waals surface area contributed by atoms with Gasteiger partial charge < -0.3 is 14.8 Å². The lowest BCUT2D eigenvalue weighted by Crippen LogP contribution is -2.47. The summed E-state index contributed by atoms with van der Waals surface area (Å²) in [7, 11) is 3.19. The lowest BCUT2D eigenvalue weighted by molar-refractivity contribution is 0.0825. The maximum absolute atomic E-state index is 12.9. The molecule has 0 heterocycles. The molecule has 2 fully saturated rings. The van der Waals surface area contributed by atoms with Gasteiger partial charge in [-0.3, -0.25) is 4.79 Å². The fraction of sp³-hybridized carbons (Fsp3) is 0.632. The molecule has 1 aromatic rings. The molecule has 3 atom stereocenters. The number of hydrogen-bond donors (Lipinski definition) is 1. The second-order valence-corrected chi connectivity index (χ2v) is 8.99. The Hall–Kier alpha value is -0.980. The summed E-state index contributed by atoms with van der Waals surface area (Å²) in [5.41, 5.74) is 1.11. The first-order chi connectivity index (χ1) is 11.2. The van der Waals surface area contributed by atoms with Crippen LogP contribution in [0.1, 0.15) is 50.4 Å². The molecule has 4 nitrogen and oxygen atoms in total. The van der Waals surface area contributed by atoms with Gasteiger partial charge in [-0.2, -0.15) is 0 Å². The third-order valence-corrected chi connectivity index (χ3v) is 7.71. The van der Waals surface area contributed by atoms with Crippen molar-refractivity contribution in [2.24, 2.45) is 16.7 Å². The molecule has 3 unspecified atom stereocenters. The molecule has 2 aliphatic rings. The first kappa shape index (κ1) is 17.8. The van der Waals surface area contributed by atoms with Crippen LogP contribution in [0.5, 0.6) is 11.5 Å². The molecule has 1 aromatic carbocycles. The molecule has 3 rings (SSSR count). The molecule has 0 saturated heterocycles. The molecule has 2 bridgehead atoms. The summed E-state index contributed by atoms with van der Waals surface area (Å²) in [4.78, 5) is 12.9. The maximum Gasteiger partial charge on any atom is 0.252 e. The molecule has 2 saturated carbocycles. The summed E-state index contributed by atoms with van der Waals surface area (Å²) in [5.74, 6) is 1.92. The largest absolute Gasteiger partial charge is 0.493 e. The summed E-state index contributed by atoms with van der Waals surface area (Å²) in [6, 6.07) is 3.86. The first-order valence-corrected chi connectivity index (χ1v) is 9.55. The monoisotopic (exact) mass is 443 g/mol. The van der Waals surface area contributed by atoms with Crippen LogP contribution in [0.15, 0.2) is 12.1 Å². The average Bonchev–Trinajstić information content (AvgIpc) is 2.87. The van der Waals surface area contributed by atoms with Gasteiger partial charge >= 0.3 is 0 Å². The Labute approximate surface area is 157 Å². The van der Waals surface area contributed by atoms with Crippen LogP contribution in [0.25, 0.3) is 0 Å². The van der Waals surface area contributed by atoms with Gasteiger partial charge in [0.25, 0.3) is 5.91 Å². The molecule has 132 valence electrons. The first-order valence-electron chi connectivity index (χ1n) is 8.47. The SMILES string of the molecule is COc1cc(I)c(C(=O)NC2CC3CCC2(C)C3(C)C)cc1OC. The molecule has 0 aromatic heterocycles. The van der Waals surface area contributed by atoms with Gasteiger partial charge in [-0.1, -0.05) is 20.8 Å². The van der Waals surface area contributed by atoms with E-state index in [1.165, 1.54) is 12.8 Å². The summed E-state index contributed by atoms with van der Waals surface area (Å²) in [6.07, 6.45) is 3.56. The Balaban J connectivity index is 1.84. The highest BCUT2D eigenvalue weighted by Gasteiger charge is 2.61. The molecular weight excluding hydrogens is 417 g/mol. The Morgan fingerprint density at radius 1 is 1.21 bits per heavy atom. The van der Waals surface area contributed by atoms with Crippen molar-refractivity contribution in [1.29, 1.82) is 0 Å². The zero-order valence-electron chi connectivity index (χ0n) is 15.0. The predicted molar refractivity (Wildman–Crippen MR) is 103 cm³/mol. The number of benzene rings is 1. The van der Waals surface area contributed by atoms with Crippen molar-refractivity contribution in [2.75, 3.05) is 14.2 Å². The Bertz CT molecular complexity index is 673. The van der Waals surface area contributed by atoms with Gasteiger partial charge in [0.05, 0.1) is 19.8 Å². The van der Waals surface area contributed by atoms with Crippen molar-refractivity contribution >= 4 is 28.5 Å². The van der Waals surface area contributed by atoms with Gasteiger partial charge in [0, 0.05) is 9.61 Å². The van der Waals surface area contributed by atoms with E-state index in [1.807, 2.05) is 6.07 Å². The van der Waals surface area contributed by atoms with Gasteiger partial charge in [-0.05, 0) is 70.7 Å². The smallest absolute Gasteiger partial charge is 0.252 e. The van der Waals surface area contributed by atoms with E-state index in [0.29, 0.717) is 23.0 Å². The van der Waals surface area contributed by atoms with Crippen molar-refractivity contribution in [1.82, 2.24) is 5.32 Å². The normalized spacial score (nSPS) is 30.2. The quantitative estimate of drug-likeness (QED) is 0.708. The lowest BCUT2D eigenvalue weighted by atomic mass is 9.69. The van der Waals surface area contributed by atoms with E-state index in [4.69, 9.17) is 9.47 Å². The number of nitrogens with one attached hydrogen (secondary N) is 1. The van der Waals surface area contributed by atoms with Gasteiger partial charge in [0.1, 0.15) is 0 Å². The van der Waals surface area contributed by atoms with Crippen LogP contribution in [0.4, 0.5) is 0 Å². The van der Waals surface area contributed by atoms with Crippen LogP contribution < -0.4 is 14.8 Å². The van der Waals surface area contributed by atoms with Gasteiger partial charge in [-0.25, -0.2) is 0 Å². The van der Waals surface area contributed by atoms with Gasteiger partial charge in [0.2, 0.25) is 0 Å². The molecule has 0 radical (unpaired) electrons. The zero-order chi connectivity index (χ0) is 17.7. The van der Waals surface area contributed by atoms with Crippen LogP contribution in [-0.4, -0.2) is 26.2 Å². The molecule has 0 spiro atoms. The fourth-order valence-corrected chi connectivity index (χ4v) is 5.37. The van der Waals surface area contributed by atoms with E-state index in [0.717, 1.165) is 9.99 Å². The minimum Gasteiger partial charge on any atom is -0.493 e. The molecular formula is C19H26INO3. The van der Waals surface area contributed by atoms with Crippen molar-refractivity contribution < 1.29 is 14.3 Å². The topological polar surface area (TPSA) is 47.6 Å². The van der Waals surface area contributed by atoms with Gasteiger partial charge in [0.15, 0.2) is 11.5 Å². The highest BCUT2D eigenvalue weighted by molar-refractivity contribution is 14.1.